The summed E-state index contributed by atoms with van der Waals surface area (Å²) >= 11 is 0. The molecule has 0 aromatic heterocycles. The van der Waals surface area contributed by atoms with Crippen LogP contribution < -0.4 is 5.73 Å². The molecule has 3 N–H and O–H groups in total. The first-order valence-corrected chi connectivity index (χ1v) is 5.27. The molecule has 3 nitrogen and oxygen atoms in total. The molecule has 0 aromatic carbocycles. The van der Waals surface area contributed by atoms with Gasteiger partial charge in [-0.1, -0.05) is 13.8 Å². The van der Waals surface area contributed by atoms with Gasteiger partial charge in [-0.15, -0.1) is 0 Å². The predicted molar refractivity (Wildman–Crippen MR) is 56.7 cm³/mol. The molecule has 0 aliphatic rings. The standard InChI is InChI=1S/C10H24N2O/c1-4-6-12(9(3)5-2)8-10(13)7-11/h9-10,13H,4-8,11H2,1-3H3. The van der Waals surface area contributed by atoms with Gasteiger partial charge in [-0.2, -0.15) is 0 Å². The largest absolute Gasteiger partial charge is 0.390 e. The highest BCUT2D eigenvalue weighted by atomic mass is 16.3. The third-order valence-corrected chi connectivity index (χ3v) is 2.44. The van der Waals surface area contributed by atoms with Crippen LogP contribution in [0.3, 0.4) is 0 Å². The number of aliphatic hydroxyl groups excluding tert-OH is 1. The Morgan fingerprint density at radius 1 is 1.38 bits per heavy atom. The Morgan fingerprint density at radius 3 is 2.38 bits per heavy atom. The lowest BCUT2D eigenvalue weighted by Gasteiger charge is -2.29. The summed E-state index contributed by atoms with van der Waals surface area (Å²) in [5.74, 6) is 0. The van der Waals surface area contributed by atoms with Crippen molar-refractivity contribution in [3.63, 3.8) is 0 Å². The molecule has 0 amide bonds. The van der Waals surface area contributed by atoms with Gasteiger partial charge in [-0.3, -0.25) is 4.90 Å². The second kappa shape index (κ2) is 7.30. The van der Waals surface area contributed by atoms with Crippen molar-refractivity contribution in [1.29, 1.82) is 0 Å². The van der Waals surface area contributed by atoms with Crippen LogP contribution in [0.2, 0.25) is 0 Å². The molecule has 0 spiro atoms. The fourth-order valence-corrected chi connectivity index (χ4v) is 1.38. The summed E-state index contributed by atoms with van der Waals surface area (Å²) in [5, 5.41) is 9.43. The van der Waals surface area contributed by atoms with E-state index < -0.39 is 0 Å². The lowest BCUT2D eigenvalue weighted by Crippen LogP contribution is -2.41. The zero-order valence-electron chi connectivity index (χ0n) is 9.16. The van der Waals surface area contributed by atoms with Crippen LogP contribution in [-0.4, -0.2) is 41.8 Å². The average Bonchev–Trinajstić information content (AvgIpc) is 2.15. The van der Waals surface area contributed by atoms with E-state index >= 15 is 0 Å². The van der Waals surface area contributed by atoms with Crippen molar-refractivity contribution in [3.05, 3.63) is 0 Å². The maximum atomic E-state index is 9.43. The number of nitrogens with zero attached hydrogens (tertiary/aromatic N) is 1. The molecule has 3 heteroatoms. The summed E-state index contributed by atoms with van der Waals surface area (Å²) in [6, 6.07) is 0.543. The molecular formula is C10H24N2O. The van der Waals surface area contributed by atoms with Crippen LogP contribution in [0.4, 0.5) is 0 Å². The zero-order valence-corrected chi connectivity index (χ0v) is 9.16. The summed E-state index contributed by atoms with van der Waals surface area (Å²) in [5.41, 5.74) is 5.38. The van der Waals surface area contributed by atoms with Crippen LogP contribution in [-0.2, 0) is 0 Å². The quantitative estimate of drug-likeness (QED) is 0.622. The molecule has 0 aliphatic heterocycles. The highest BCUT2D eigenvalue weighted by molar-refractivity contribution is 4.70. The maximum absolute atomic E-state index is 9.43. The second-order valence-corrected chi connectivity index (χ2v) is 3.64. The summed E-state index contributed by atoms with van der Waals surface area (Å²) in [6.07, 6.45) is 1.87. The molecule has 13 heavy (non-hydrogen) atoms. The second-order valence-electron chi connectivity index (χ2n) is 3.64. The van der Waals surface area contributed by atoms with E-state index in [0.29, 0.717) is 19.1 Å². The predicted octanol–water partition coefficient (Wildman–Crippen LogP) is 0.816. The van der Waals surface area contributed by atoms with Crippen LogP contribution in [0.25, 0.3) is 0 Å². The minimum absolute atomic E-state index is 0.358. The van der Waals surface area contributed by atoms with Crippen LogP contribution in [0.15, 0.2) is 0 Å². The molecule has 2 atom stereocenters. The smallest absolute Gasteiger partial charge is 0.0789 e. The summed E-state index contributed by atoms with van der Waals surface area (Å²) < 4.78 is 0. The van der Waals surface area contributed by atoms with Gasteiger partial charge < -0.3 is 10.8 Å². The first kappa shape index (κ1) is 12.9. The SMILES string of the molecule is CCCN(CC(O)CN)C(C)CC. The Kier molecular flexibility index (Phi) is 7.23. The van der Waals surface area contributed by atoms with Crippen molar-refractivity contribution in [2.45, 2.75) is 45.8 Å². The molecule has 0 saturated heterocycles. The highest BCUT2D eigenvalue weighted by Gasteiger charge is 2.14. The van der Waals surface area contributed by atoms with E-state index in [0.717, 1.165) is 19.4 Å². The van der Waals surface area contributed by atoms with E-state index in [-0.39, 0.29) is 6.10 Å². The van der Waals surface area contributed by atoms with Gasteiger partial charge in [-0.25, -0.2) is 0 Å². The molecule has 0 rings (SSSR count). The minimum atomic E-state index is -0.374. The Morgan fingerprint density at radius 2 is 2.00 bits per heavy atom. The van der Waals surface area contributed by atoms with Gasteiger partial charge in [-0.05, 0) is 26.3 Å². The number of aliphatic hydroxyl groups is 1. The molecular weight excluding hydrogens is 164 g/mol. The van der Waals surface area contributed by atoms with E-state index in [4.69, 9.17) is 5.73 Å². The van der Waals surface area contributed by atoms with Crippen molar-refractivity contribution in [3.8, 4) is 0 Å². The molecule has 2 unspecified atom stereocenters. The molecule has 0 saturated carbocycles. The maximum Gasteiger partial charge on any atom is 0.0789 e. The van der Waals surface area contributed by atoms with Gasteiger partial charge in [0.25, 0.3) is 0 Å². The van der Waals surface area contributed by atoms with Gasteiger partial charge in [0.1, 0.15) is 0 Å². The normalized spacial score (nSPS) is 16.2. The molecule has 0 aliphatic carbocycles. The Hall–Kier alpha value is -0.120. The first-order valence-electron chi connectivity index (χ1n) is 5.27. The van der Waals surface area contributed by atoms with Gasteiger partial charge in [0.2, 0.25) is 0 Å². The van der Waals surface area contributed by atoms with Crippen molar-refractivity contribution in [1.82, 2.24) is 4.90 Å². The van der Waals surface area contributed by atoms with E-state index in [1.54, 1.807) is 0 Å². The molecule has 0 heterocycles. The topological polar surface area (TPSA) is 49.5 Å². The Balaban J connectivity index is 3.92. The van der Waals surface area contributed by atoms with E-state index in [1.165, 1.54) is 0 Å². The van der Waals surface area contributed by atoms with Crippen LogP contribution in [0.1, 0.15) is 33.6 Å². The van der Waals surface area contributed by atoms with E-state index in [2.05, 4.69) is 25.7 Å². The van der Waals surface area contributed by atoms with E-state index in [9.17, 15) is 5.11 Å². The average molecular weight is 188 g/mol. The van der Waals surface area contributed by atoms with Crippen LogP contribution in [0.5, 0.6) is 0 Å². The molecule has 0 fully saturated rings. The third-order valence-electron chi connectivity index (χ3n) is 2.44. The van der Waals surface area contributed by atoms with Crippen LogP contribution >= 0.6 is 0 Å². The lowest BCUT2D eigenvalue weighted by atomic mass is 10.2. The number of nitrogens with two attached hydrogens (primary N) is 1. The number of rotatable bonds is 7. The molecule has 80 valence electrons. The fourth-order valence-electron chi connectivity index (χ4n) is 1.38. The van der Waals surface area contributed by atoms with Gasteiger partial charge in [0, 0.05) is 19.1 Å². The zero-order chi connectivity index (χ0) is 10.3. The monoisotopic (exact) mass is 188 g/mol. The van der Waals surface area contributed by atoms with Gasteiger partial charge in [0.05, 0.1) is 6.10 Å². The van der Waals surface area contributed by atoms with Crippen molar-refractivity contribution in [2.24, 2.45) is 5.73 Å². The fraction of sp³-hybridized carbons (Fsp3) is 1.00. The van der Waals surface area contributed by atoms with E-state index in [1.807, 2.05) is 0 Å². The Bertz CT molecular complexity index is 119. The molecule has 0 aromatic rings. The van der Waals surface area contributed by atoms with Crippen LogP contribution in [0, 0.1) is 0 Å². The minimum Gasteiger partial charge on any atom is -0.390 e. The van der Waals surface area contributed by atoms with Gasteiger partial charge in [0.15, 0.2) is 0 Å². The van der Waals surface area contributed by atoms with Crippen molar-refractivity contribution < 1.29 is 5.11 Å². The summed E-state index contributed by atoms with van der Waals surface area (Å²) in [7, 11) is 0. The highest BCUT2D eigenvalue weighted by Crippen LogP contribution is 2.05. The third kappa shape index (κ3) is 5.24. The van der Waals surface area contributed by atoms with Gasteiger partial charge >= 0.3 is 0 Å². The van der Waals surface area contributed by atoms with Crippen molar-refractivity contribution in [2.75, 3.05) is 19.6 Å². The first-order chi connectivity index (χ1) is 6.15. The lowest BCUT2D eigenvalue weighted by molar-refractivity contribution is 0.0949. The molecule has 0 bridgehead atoms. The van der Waals surface area contributed by atoms with Crippen molar-refractivity contribution >= 4 is 0 Å². The summed E-state index contributed by atoms with van der Waals surface area (Å²) in [4.78, 5) is 2.30. The Labute approximate surface area is 81.9 Å². The summed E-state index contributed by atoms with van der Waals surface area (Å²) in [6.45, 7) is 8.63. The molecule has 0 radical (unpaired) electrons. The number of hydrogen-bond acceptors (Lipinski definition) is 3. The number of hydrogen-bond donors (Lipinski definition) is 2.